The molecule has 0 spiro atoms. The zero-order valence-electron chi connectivity index (χ0n) is 13.6. The van der Waals surface area contributed by atoms with E-state index in [0.29, 0.717) is 23.7 Å². The molecule has 0 radical (unpaired) electrons. The number of methoxy groups -OCH3 is 1. The third kappa shape index (κ3) is 4.28. The molecule has 1 heterocycles. The first-order valence-electron chi connectivity index (χ1n) is 7.64. The van der Waals surface area contributed by atoms with Crippen LogP contribution < -0.4 is 5.32 Å². The average Bonchev–Trinajstić information content (AvgIpc) is 2.87. The Bertz CT molecular complexity index is 375. The van der Waals surface area contributed by atoms with Crippen molar-refractivity contribution in [3.05, 3.63) is 11.7 Å². The van der Waals surface area contributed by atoms with E-state index in [1.807, 2.05) is 0 Å². The molecule has 1 rings (SSSR count). The van der Waals surface area contributed by atoms with Crippen LogP contribution in [0.15, 0.2) is 4.52 Å². The second-order valence-electron chi connectivity index (χ2n) is 5.64. The molecule has 20 heavy (non-hydrogen) atoms. The Hall–Kier alpha value is -0.940. The number of ether oxygens (including phenoxy) is 1. The van der Waals surface area contributed by atoms with Gasteiger partial charge in [0.15, 0.2) is 0 Å². The third-order valence-electron chi connectivity index (χ3n) is 3.66. The Labute approximate surface area is 122 Å². The number of hydrogen-bond donors (Lipinski definition) is 1. The van der Waals surface area contributed by atoms with Crippen molar-refractivity contribution in [2.75, 3.05) is 13.7 Å². The van der Waals surface area contributed by atoms with Crippen molar-refractivity contribution < 1.29 is 9.26 Å². The van der Waals surface area contributed by atoms with Crippen molar-refractivity contribution in [1.29, 1.82) is 0 Å². The quantitative estimate of drug-likeness (QED) is 0.753. The van der Waals surface area contributed by atoms with E-state index in [2.05, 4.69) is 50.1 Å². The summed E-state index contributed by atoms with van der Waals surface area (Å²) in [6, 6.07) is 0.311. The topological polar surface area (TPSA) is 60.2 Å². The van der Waals surface area contributed by atoms with Gasteiger partial charge in [0.05, 0.1) is 5.92 Å². The number of nitrogens with one attached hydrogen (secondary N) is 1. The highest BCUT2D eigenvalue weighted by atomic mass is 16.5. The third-order valence-corrected chi connectivity index (χ3v) is 3.66. The fourth-order valence-corrected chi connectivity index (χ4v) is 2.54. The number of hydrogen-bond acceptors (Lipinski definition) is 5. The predicted molar refractivity (Wildman–Crippen MR) is 79.7 cm³/mol. The fourth-order valence-electron chi connectivity index (χ4n) is 2.54. The summed E-state index contributed by atoms with van der Waals surface area (Å²) in [5.41, 5.74) is 0. The van der Waals surface area contributed by atoms with E-state index < -0.39 is 0 Å². The predicted octanol–water partition coefficient (Wildman–Crippen LogP) is 3.29. The maximum Gasteiger partial charge on any atom is 0.231 e. The van der Waals surface area contributed by atoms with E-state index in [1.165, 1.54) is 0 Å². The molecule has 0 aliphatic heterocycles. The minimum atomic E-state index is -0.0841. The lowest BCUT2D eigenvalue weighted by Gasteiger charge is -2.25. The first kappa shape index (κ1) is 17.1. The van der Waals surface area contributed by atoms with Crippen LogP contribution in [0.25, 0.3) is 0 Å². The number of aromatic nitrogens is 2. The van der Waals surface area contributed by atoms with Gasteiger partial charge in [0.25, 0.3) is 0 Å². The molecule has 3 unspecified atom stereocenters. The largest absolute Gasteiger partial charge is 0.373 e. The lowest BCUT2D eigenvalue weighted by Crippen LogP contribution is -2.35. The highest BCUT2D eigenvalue weighted by Crippen LogP contribution is 2.28. The SMILES string of the molecule is CCCNC(C)C(c1nc(C(CC)OC)no1)C(C)C. The Balaban J connectivity index is 2.87. The molecule has 5 nitrogen and oxygen atoms in total. The second kappa shape index (κ2) is 8.37. The first-order valence-corrected chi connectivity index (χ1v) is 7.64. The molecule has 5 heteroatoms. The van der Waals surface area contributed by atoms with Crippen LogP contribution in [0.3, 0.4) is 0 Å². The van der Waals surface area contributed by atoms with E-state index in [-0.39, 0.29) is 12.0 Å². The zero-order valence-corrected chi connectivity index (χ0v) is 13.6. The normalized spacial score (nSPS) is 16.4. The second-order valence-corrected chi connectivity index (χ2v) is 5.64. The van der Waals surface area contributed by atoms with E-state index in [0.717, 1.165) is 19.4 Å². The minimum absolute atomic E-state index is 0.0841. The lowest BCUT2D eigenvalue weighted by atomic mass is 9.89. The summed E-state index contributed by atoms with van der Waals surface area (Å²) < 4.78 is 10.9. The molecular weight excluding hydrogens is 254 g/mol. The zero-order chi connectivity index (χ0) is 15.1. The Morgan fingerprint density at radius 1 is 1.25 bits per heavy atom. The van der Waals surface area contributed by atoms with Crippen molar-refractivity contribution in [2.24, 2.45) is 5.92 Å². The molecule has 1 aromatic rings. The lowest BCUT2D eigenvalue weighted by molar-refractivity contribution is 0.0903. The summed E-state index contributed by atoms with van der Waals surface area (Å²) in [5.74, 6) is 2.02. The fraction of sp³-hybridized carbons (Fsp3) is 0.867. The highest BCUT2D eigenvalue weighted by Gasteiger charge is 2.29. The summed E-state index contributed by atoms with van der Waals surface area (Å²) in [6.07, 6.45) is 1.87. The summed E-state index contributed by atoms with van der Waals surface area (Å²) in [4.78, 5) is 4.56. The maximum absolute atomic E-state index is 5.49. The van der Waals surface area contributed by atoms with Gasteiger partial charge in [0.2, 0.25) is 11.7 Å². The van der Waals surface area contributed by atoms with Crippen LogP contribution >= 0.6 is 0 Å². The molecule has 3 atom stereocenters. The van der Waals surface area contributed by atoms with Crippen molar-refractivity contribution in [3.63, 3.8) is 0 Å². The van der Waals surface area contributed by atoms with Crippen molar-refractivity contribution in [3.8, 4) is 0 Å². The van der Waals surface area contributed by atoms with Gasteiger partial charge in [-0.25, -0.2) is 0 Å². The molecule has 0 bridgehead atoms. The molecule has 0 aliphatic carbocycles. The summed E-state index contributed by atoms with van der Waals surface area (Å²) in [7, 11) is 1.68. The number of nitrogens with zero attached hydrogens (tertiary/aromatic N) is 2. The Morgan fingerprint density at radius 2 is 1.95 bits per heavy atom. The number of rotatable bonds is 9. The van der Waals surface area contributed by atoms with Gasteiger partial charge in [-0.05, 0) is 32.2 Å². The van der Waals surface area contributed by atoms with Gasteiger partial charge in [-0.3, -0.25) is 0 Å². The van der Waals surface area contributed by atoms with Crippen LogP contribution in [0.1, 0.15) is 71.2 Å². The molecule has 116 valence electrons. The standard InChI is InChI=1S/C15H29N3O2/c1-7-9-16-11(5)13(10(3)4)15-17-14(18-20-15)12(8-2)19-6/h10-13,16H,7-9H2,1-6H3. The molecule has 0 saturated carbocycles. The highest BCUT2D eigenvalue weighted by molar-refractivity contribution is 5.01. The molecule has 0 amide bonds. The van der Waals surface area contributed by atoms with Crippen LogP contribution in [0, 0.1) is 5.92 Å². The molecule has 1 aromatic heterocycles. The maximum atomic E-state index is 5.49. The van der Waals surface area contributed by atoms with E-state index in [1.54, 1.807) is 7.11 Å². The first-order chi connectivity index (χ1) is 9.54. The van der Waals surface area contributed by atoms with Crippen molar-refractivity contribution in [1.82, 2.24) is 15.5 Å². The van der Waals surface area contributed by atoms with Crippen molar-refractivity contribution in [2.45, 2.75) is 65.5 Å². The molecule has 1 N–H and O–H groups in total. The summed E-state index contributed by atoms with van der Waals surface area (Å²) >= 11 is 0. The Morgan fingerprint density at radius 3 is 2.45 bits per heavy atom. The molecule has 0 aromatic carbocycles. The van der Waals surface area contributed by atoms with Gasteiger partial charge >= 0.3 is 0 Å². The van der Waals surface area contributed by atoms with Crippen LogP contribution in [-0.4, -0.2) is 29.8 Å². The summed E-state index contributed by atoms with van der Waals surface area (Å²) in [6.45, 7) is 11.8. The summed E-state index contributed by atoms with van der Waals surface area (Å²) in [5, 5.41) is 7.60. The Kier molecular flexibility index (Phi) is 7.16. The van der Waals surface area contributed by atoms with Crippen LogP contribution in [0.4, 0.5) is 0 Å². The van der Waals surface area contributed by atoms with Gasteiger partial charge in [-0.15, -0.1) is 0 Å². The van der Waals surface area contributed by atoms with E-state index in [4.69, 9.17) is 9.26 Å². The van der Waals surface area contributed by atoms with Gasteiger partial charge in [-0.1, -0.05) is 32.9 Å². The van der Waals surface area contributed by atoms with Crippen molar-refractivity contribution >= 4 is 0 Å². The smallest absolute Gasteiger partial charge is 0.231 e. The molecule has 0 aliphatic rings. The molecule has 0 saturated heterocycles. The van der Waals surface area contributed by atoms with Crippen LogP contribution in [-0.2, 0) is 4.74 Å². The van der Waals surface area contributed by atoms with Gasteiger partial charge in [-0.2, -0.15) is 4.98 Å². The minimum Gasteiger partial charge on any atom is -0.373 e. The average molecular weight is 283 g/mol. The van der Waals surface area contributed by atoms with E-state index >= 15 is 0 Å². The molecule has 0 fully saturated rings. The van der Waals surface area contributed by atoms with Gasteiger partial charge in [0.1, 0.15) is 6.10 Å². The van der Waals surface area contributed by atoms with Gasteiger partial charge in [0, 0.05) is 13.2 Å². The van der Waals surface area contributed by atoms with Crippen LogP contribution in [0.2, 0.25) is 0 Å². The van der Waals surface area contributed by atoms with Crippen LogP contribution in [0.5, 0.6) is 0 Å². The van der Waals surface area contributed by atoms with E-state index in [9.17, 15) is 0 Å². The monoisotopic (exact) mass is 283 g/mol. The molecular formula is C15H29N3O2. The van der Waals surface area contributed by atoms with Gasteiger partial charge < -0.3 is 14.6 Å².